The van der Waals surface area contributed by atoms with E-state index in [0.29, 0.717) is 6.04 Å². The Bertz CT molecular complexity index is 523. The summed E-state index contributed by atoms with van der Waals surface area (Å²) in [7, 11) is 1.75. The molecule has 1 heterocycles. The van der Waals surface area contributed by atoms with E-state index in [0.717, 1.165) is 45.5 Å². The summed E-state index contributed by atoms with van der Waals surface area (Å²) >= 11 is 0. The highest BCUT2D eigenvalue weighted by Gasteiger charge is 2.06. The molecule has 21 heavy (non-hydrogen) atoms. The van der Waals surface area contributed by atoms with Crippen LogP contribution in [-0.4, -0.2) is 37.4 Å². The van der Waals surface area contributed by atoms with E-state index in [1.54, 1.807) is 7.11 Å². The third-order valence-corrected chi connectivity index (χ3v) is 3.81. The fraction of sp³-hybridized carbons (Fsp3) is 0.529. The number of nitrogens with zero attached hydrogens (tertiary/aromatic N) is 1. The number of nitrogens with two attached hydrogens (primary N) is 1. The van der Waals surface area contributed by atoms with Crippen LogP contribution in [0.2, 0.25) is 0 Å². The SMILES string of the molecule is COCC(CCCN)NCCCn1ccc2ccccc21. The van der Waals surface area contributed by atoms with Gasteiger partial charge in [-0.15, -0.1) is 0 Å². The first-order valence-corrected chi connectivity index (χ1v) is 7.81. The number of nitrogens with one attached hydrogen (secondary N) is 1. The second kappa shape index (κ2) is 8.82. The summed E-state index contributed by atoms with van der Waals surface area (Å²) in [5.74, 6) is 0. The summed E-state index contributed by atoms with van der Waals surface area (Å²) in [6.07, 6.45) is 5.41. The Balaban J connectivity index is 1.75. The molecule has 1 unspecified atom stereocenters. The van der Waals surface area contributed by atoms with Crippen LogP contribution in [0.5, 0.6) is 0 Å². The van der Waals surface area contributed by atoms with Crippen molar-refractivity contribution in [3.63, 3.8) is 0 Å². The summed E-state index contributed by atoms with van der Waals surface area (Å²) in [5.41, 5.74) is 6.89. The van der Waals surface area contributed by atoms with Gasteiger partial charge in [-0.1, -0.05) is 18.2 Å². The van der Waals surface area contributed by atoms with E-state index in [1.165, 1.54) is 10.9 Å². The zero-order valence-corrected chi connectivity index (χ0v) is 12.9. The van der Waals surface area contributed by atoms with E-state index in [4.69, 9.17) is 10.5 Å². The molecule has 4 nitrogen and oxygen atoms in total. The Hall–Kier alpha value is -1.36. The highest BCUT2D eigenvalue weighted by Crippen LogP contribution is 2.15. The standard InChI is InChI=1S/C17H27N3O/c1-21-14-16(7-4-10-18)19-11-5-12-20-13-9-15-6-2-3-8-17(15)20/h2-3,6,8-9,13,16,19H,4-5,7,10-12,14,18H2,1H3. The first-order valence-electron chi connectivity index (χ1n) is 7.81. The van der Waals surface area contributed by atoms with Crippen LogP contribution in [0, 0.1) is 0 Å². The topological polar surface area (TPSA) is 52.2 Å². The van der Waals surface area contributed by atoms with E-state index in [9.17, 15) is 0 Å². The van der Waals surface area contributed by atoms with Crippen LogP contribution in [0.25, 0.3) is 10.9 Å². The molecule has 0 spiro atoms. The molecule has 1 atom stereocenters. The van der Waals surface area contributed by atoms with Crippen molar-refractivity contribution in [2.75, 3.05) is 26.8 Å². The molecule has 0 radical (unpaired) electrons. The van der Waals surface area contributed by atoms with Crippen LogP contribution >= 0.6 is 0 Å². The minimum atomic E-state index is 0.417. The number of para-hydroxylation sites is 1. The maximum atomic E-state index is 5.57. The lowest BCUT2D eigenvalue weighted by molar-refractivity contribution is 0.161. The van der Waals surface area contributed by atoms with Gasteiger partial charge in [-0.2, -0.15) is 0 Å². The molecule has 0 saturated carbocycles. The number of rotatable bonds is 10. The molecule has 2 aromatic rings. The van der Waals surface area contributed by atoms with Crippen LogP contribution < -0.4 is 11.1 Å². The number of aryl methyl sites for hydroxylation is 1. The van der Waals surface area contributed by atoms with Crippen molar-refractivity contribution in [1.29, 1.82) is 0 Å². The van der Waals surface area contributed by atoms with Gasteiger partial charge in [-0.3, -0.25) is 0 Å². The Morgan fingerprint density at radius 3 is 2.90 bits per heavy atom. The Morgan fingerprint density at radius 1 is 1.24 bits per heavy atom. The molecular weight excluding hydrogens is 262 g/mol. The fourth-order valence-electron chi connectivity index (χ4n) is 2.70. The monoisotopic (exact) mass is 289 g/mol. The molecule has 4 heteroatoms. The smallest absolute Gasteiger partial charge is 0.0615 e. The van der Waals surface area contributed by atoms with Gasteiger partial charge < -0.3 is 20.4 Å². The average molecular weight is 289 g/mol. The van der Waals surface area contributed by atoms with Gasteiger partial charge in [-0.05, 0) is 49.9 Å². The third-order valence-electron chi connectivity index (χ3n) is 3.81. The first-order chi connectivity index (χ1) is 10.3. The molecule has 1 aromatic heterocycles. The minimum Gasteiger partial charge on any atom is -0.383 e. The predicted octanol–water partition coefficient (Wildman–Crippen LogP) is 2.37. The molecule has 0 fully saturated rings. The zero-order chi connectivity index (χ0) is 14.9. The molecule has 0 saturated heterocycles. The lowest BCUT2D eigenvalue weighted by Crippen LogP contribution is -2.34. The van der Waals surface area contributed by atoms with Crippen molar-refractivity contribution < 1.29 is 4.74 Å². The van der Waals surface area contributed by atoms with Crippen LogP contribution in [-0.2, 0) is 11.3 Å². The van der Waals surface area contributed by atoms with Gasteiger partial charge in [0, 0.05) is 31.4 Å². The Morgan fingerprint density at radius 2 is 2.10 bits per heavy atom. The number of benzene rings is 1. The van der Waals surface area contributed by atoms with Crippen molar-refractivity contribution in [2.24, 2.45) is 5.73 Å². The summed E-state index contributed by atoms with van der Waals surface area (Å²) in [4.78, 5) is 0. The van der Waals surface area contributed by atoms with Crippen LogP contribution in [0.1, 0.15) is 19.3 Å². The van der Waals surface area contributed by atoms with Crippen LogP contribution in [0.4, 0.5) is 0 Å². The Labute approximate surface area is 127 Å². The highest BCUT2D eigenvalue weighted by atomic mass is 16.5. The normalized spacial score (nSPS) is 12.9. The molecule has 0 bridgehead atoms. The first kappa shape index (κ1) is 16.0. The number of fused-ring (bicyclic) bond motifs is 1. The maximum absolute atomic E-state index is 5.57. The van der Waals surface area contributed by atoms with Crippen molar-refractivity contribution in [3.05, 3.63) is 36.5 Å². The second-order valence-electron chi connectivity index (χ2n) is 5.46. The second-order valence-corrected chi connectivity index (χ2v) is 5.46. The van der Waals surface area contributed by atoms with E-state index in [1.807, 2.05) is 0 Å². The van der Waals surface area contributed by atoms with Gasteiger partial charge in [0.05, 0.1) is 6.61 Å². The van der Waals surface area contributed by atoms with E-state index in [2.05, 4.69) is 46.4 Å². The highest BCUT2D eigenvalue weighted by molar-refractivity contribution is 5.79. The van der Waals surface area contributed by atoms with Gasteiger partial charge in [0.2, 0.25) is 0 Å². The molecule has 0 amide bonds. The number of hydrogen-bond acceptors (Lipinski definition) is 3. The number of hydrogen-bond donors (Lipinski definition) is 2. The van der Waals surface area contributed by atoms with Crippen molar-refractivity contribution >= 4 is 10.9 Å². The van der Waals surface area contributed by atoms with Crippen molar-refractivity contribution in [3.8, 4) is 0 Å². The Kier molecular flexibility index (Phi) is 6.73. The quantitative estimate of drug-likeness (QED) is 0.660. The van der Waals surface area contributed by atoms with Crippen LogP contribution in [0.15, 0.2) is 36.5 Å². The number of ether oxygens (including phenoxy) is 1. The summed E-state index contributed by atoms with van der Waals surface area (Å²) in [6, 6.07) is 11.1. The average Bonchev–Trinajstić information content (AvgIpc) is 2.92. The predicted molar refractivity (Wildman–Crippen MR) is 88.5 cm³/mol. The third kappa shape index (κ3) is 4.84. The summed E-state index contributed by atoms with van der Waals surface area (Å²) in [5, 5.41) is 4.88. The maximum Gasteiger partial charge on any atom is 0.0615 e. The molecule has 2 rings (SSSR count). The lowest BCUT2D eigenvalue weighted by atomic mass is 10.1. The summed E-state index contributed by atoms with van der Waals surface area (Å²) in [6.45, 7) is 3.55. The van der Waals surface area contributed by atoms with Crippen LogP contribution in [0.3, 0.4) is 0 Å². The van der Waals surface area contributed by atoms with Gasteiger partial charge >= 0.3 is 0 Å². The van der Waals surface area contributed by atoms with Gasteiger partial charge in [0.1, 0.15) is 0 Å². The molecule has 0 aliphatic heterocycles. The molecule has 3 N–H and O–H groups in total. The molecule has 116 valence electrons. The van der Waals surface area contributed by atoms with Crippen molar-refractivity contribution in [2.45, 2.75) is 31.8 Å². The lowest BCUT2D eigenvalue weighted by Gasteiger charge is -2.17. The molecule has 1 aromatic carbocycles. The van der Waals surface area contributed by atoms with E-state index >= 15 is 0 Å². The van der Waals surface area contributed by atoms with Crippen molar-refractivity contribution in [1.82, 2.24) is 9.88 Å². The van der Waals surface area contributed by atoms with Gasteiger partial charge in [0.15, 0.2) is 0 Å². The largest absolute Gasteiger partial charge is 0.383 e. The molecule has 0 aliphatic rings. The van der Waals surface area contributed by atoms with Gasteiger partial charge in [0.25, 0.3) is 0 Å². The molecule has 0 aliphatic carbocycles. The zero-order valence-electron chi connectivity index (χ0n) is 12.9. The number of methoxy groups -OCH3 is 1. The number of aromatic nitrogens is 1. The van der Waals surface area contributed by atoms with E-state index < -0.39 is 0 Å². The summed E-state index contributed by atoms with van der Waals surface area (Å²) < 4.78 is 7.57. The minimum absolute atomic E-state index is 0.417. The van der Waals surface area contributed by atoms with Gasteiger partial charge in [-0.25, -0.2) is 0 Å². The molecular formula is C17H27N3O. The fourth-order valence-corrected chi connectivity index (χ4v) is 2.70. The van der Waals surface area contributed by atoms with E-state index in [-0.39, 0.29) is 0 Å².